The summed E-state index contributed by atoms with van der Waals surface area (Å²) < 4.78 is 5.19. The Kier molecular flexibility index (Phi) is 3.21. The Labute approximate surface area is 96.8 Å². The summed E-state index contributed by atoms with van der Waals surface area (Å²) in [5.41, 5.74) is 0.419. The van der Waals surface area contributed by atoms with Crippen molar-refractivity contribution in [2.45, 2.75) is 0 Å². The maximum atomic E-state index is 11.0. The molecule has 2 heterocycles. The largest absolute Gasteiger partial charge is 0.476 e. The summed E-state index contributed by atoms with van der Waals surface area (Å²) in [6, 6.07) is 0. The number of carboxylic acids is 1. The molecule has 0 aromatic carbocycles. The SMILES string of the molecule is O=C(O)c1nc(Cl)ncc1N1CCOCC1. The van der Waals surface area contributed by atoms with E-state index in [1.165, 1.54) is 6.20 Å². The highest BCUT2D eigenvalue weighted by Crippen LogP contribution is 2.20. The number of morpholine rings is 1. The monoisotopic (exact) mass is 243 g/mol. The quantitative estimate of drug-likeness (QED) is 0.770. The Balaban J connectivity index is 2.34. The van der Waals surface area contributed by atoms with Crippen LogP contribution in [0.1, 0.15) is 10.5 Å². The van der Waals surface area contributed by atoms with Crippen LogP contribution in [0.2, 0.25) is 5.28 Å². The third-order valence-electron chi connectivity index (χ3n) is 2.29. The number of anilines is 1. The highest BCUT2D eigenvalue weighted by molar-refractivity contribution is 6.28. The van der Waals surface area contributed by atoms with Crippen LogP contribution in [0.25, 0.3) is 0 Å². The van der Waals surface area contributed by atoms with Crippen molar-refractivity contribution >= 4 is 23.3 Å². The number of aromatic carboxylic acids is 1. The van der Waals surface area contributed by atoms with Crippen LogP contribution in [-0.2, 0) is 4.74 Å². The maximum Gasteiger partial charge on any atom is 0.356 e. The van der Waals surface area contributed by atoms with E-state index in [4.69, 9.17) is 21.4 Å². The maximum absolute atomic E-state index is 11.0. The van der Waals surface area contributed by atoms with Gasteiger partial charge in [-0.1, -0.05) is 0 Å². The van der Waals surface area contributed by atoms with Gasteiger partial charge in [0.05, 0.1) is 25.1 Å². The van der Waals surface area contributed by atoms with Gasteiger partial charge in [-0.2, -0.15) is 0 Å². The van der Waals surface area contributed by atoms with Crippen molar-refractivity contribution in [2.24, 2.45) is 0 Å². The minimum absolute atomic E-state index is 0.0607. The number of halogens is 1. The Bertz CT molecular complexity index is 407. The van der Waals surface area contributed by atoms with Crippen molar-refractivity contribution in [3.05, 3.63) is 17.2 Å². The highest BCUT2D eigenvalue weighted by atomic mass is 35.5. The first-order valence-corrected chi connectivity index (χ1v) is 5.15. The normalized spacial score (nSPS) is 16.2. The molecular weight excluding hydrogens is 234 g/mol. The van der Waals surface area contributed by atoms with E-state index in [0.29, 0.717) is 32.0 Å². The average molecular weight is 244 g/mol. The zero-order valence-electron chi connectivity index (χ0n) is 8.39. The van der Waals surface area contributed by atoms with Gasteiger partial charge in [-0.3, -0.25) is 0 Å². The van der Waals surface area contributed by atoms with E-state index in [2.05, 4.69) is 9.97 Å². The van der Waals surface area contributed by atoms with Gasteiger partial charge < -0.3 is 14.7 Å². The summed E-state index contributed by atoms with van der Waals surface area (Å²) in [5, 5.41) is 8.95. The molecule has 1 aliphatic rings. The summed E-state index contributed by atoms with van der Waals surface area (Å²) in [6.45, 7) is 2.40. The lowest BCUT2D eigenvalue weighted by atomic mass is 10.3. The second-order valence-corrected chi connectivity index (χ2v) is 3.62. The molecular formula is C9H10ClN3O3. The first-order chi connectivity index (χ1) is 7.68. The van der Waals surface area contributed by atoms with Gasteiger partial charge in [0.2, 0.25) is 5.28 Å². The lowest BCUT2D eigenvalue weighted by Gasteiger charge is -2.28. The average Bonchev–Trinajstić information content (AvgIpc) is 2.30. The molecule has 1 aromatic heterocycles. The Morgan fingerprint density at radius 3 is 2.81 bits per heavy atom. The molecule has 1 aromatic rings. The molecule has 0 amide bonds. The predicted octanol–water partition coefficient (Wildman–Crippen LogP) is 0.665. The number of aromatic nitrogens is 2. The van der Waals surface area contributed by atoms with E-state index in [0.717, 1.165) is 0 Å². The number of hydrogen-bond donors (Lipinski definition) is 1. The molecule has 86 valence electrons. The zero-order chi connectivity index (χ0) is 11.5. The molecule has 6 nitrogen and oxygen atoms in total. The number of nitrogens with zero attached hydrogens (tertiary/aromatic N) is 3. The van der Waals surface area contributed by atoms with E-state index in [-0.39, 0.29) is 11.0 Å². The van der Waals surface area contributed by atoms with Crippen molar-refractivity contribution in [1.29, 1.82) is 0 Å². The molecule has 1 N–H and O–H groups in total. The first kappa shape index (κ1) is 11.1. The van der Waals surface area contributed by atoms with E-state index >= 15 is 0 Å². The van der Waals surface area contributed by atoms with Crippen molar-refractivity contribution in [3.63, 3.8) is 0 Å². The van der Waals surface area contributed by atoms with Crippen LogP contribution in [-0.4, -0.2) is 47.3 Å². The second kappa shape index (κ2) is 4.63. The van der Waals surface area contributed by atoms with Gasteiger partial charge in [-0.05, 0) is 11.6 Å². The van der Waals surface area contributed by atoms with Crippen molar-refractivity contribution in [3.8, 4) is 0 Å². The third-order valence-corrected chi connectivity index (χ3v) is 2.48. The van der Waals surface area contributed by atoms with E-state index in [1.54, 1.807) is 0 Å². The van der Waals surface area contributed by atoms with E-state index in [9.17, 15) is 4.79 Å². The molecule has 1 aliphatic heterocycles. The lowest BCUT2D eigenvalue weighted by molar-refractivity contribution is 0.0689. The van der Waals surface area contributed by atoms with Crippen molar-refractivity contribution < 1.29 is 14.6 Å². The summed E-state index contributed by atoms with van der Waals surface area (Å²) >= 11 is 5.57. The summed E-state index contributed by atoms with van der Waals surface area (Å²) in [5.74, 6) is -1.11. The van der Waals surface area contributed by atoms with Gasteiger partial charge in [-0.25, -0.2) is 14.8 Å². The Morgan fingerprint density at radius 2 is 2.19 bits per heavy atom. The standard InChI is InChI=1S/C9H10ClN3O3/c10-9-11-5-6(7(12-9)8(14)15)13-1-3-16-4-2-13/h5H,1-4H2,(H,14,15). The van der Waals surface area contributed by atoms with Crippen LogP contribution in [0.4, 0.5) is 5.69 Å². The molecule has 0 bridgehead atoms. The topological polar surface area (TPSA) is 75.5 Å². The number of hydrogen-bond acceptors (Lipinski definition) is 5. The van der Waals surface area contributed by atoms with E-state index in [1.807, 2.05) is 4.90 Å². The minimum atomic E-state index is -1.11. The van der Waals surface area contributed by atoms with Crippen LogP contribution in [0.5, 0.6) is 0 Å². The van der Waals surface area contributed by atoms with Crippen molar-refractivity contribution in [1.82, 2.24) is 9.97 Å². The van der Waals surface area contributed by atoms with Crippen LogP contribution < -0.4 is 4.90 Å². The molecule has 0 spiro atoms. The fourth-order valence-electron chi connectivity index (χ4n) is 1.55. The van der Waals surface area contributed by atoms with Crippen LogP contribution in [0, 0.1) is 0 Å². The molecule has 0 aliphatic carbocycles. The van der Waals surface area contributed by atoms with Crippen molar-refractivity contribution in [2.75, 3.05) is 31.2 Å². The van der Waals surface area contributed by atoms with E-state index < -0.39 is 5.97 Å². The number of rotatable bonds is 2. The lowest BCUT2D eigenvalue weighted by Crippen LogP contribution is -2.37. The third kappa shape index (κ3) is 2.23. The molecule has 0 atom stereocenters. The number of carboxylic acid groups (broad SMARTS) is 1. The fraction of sp³-hybridized carbons (Fsp3) is 0.444. The van der Waals surface area contributed by atoms with Gasteiger partial charge >= 0.3 is 5.97 Å². The first-order valence-electron chi connectivity index (χ1n) is 4.77. The Morgan fingerprint density at radius 1 is 1.50 bits per heavy atom. The molecule has 1 saturated heterocycles. The molecule has 0 unspecified atom stereocenters. The van der Waals surface area contributed by atoms with Crippen LogP contribution in [0.3, 0.4) is 0 Å². The zero-order valence-corrected chi connectivity index (χ0v) is 9.15. The molecule has 1 fully saturated rings. The van der Waals surface area contributed by atoms with Gasteiger partial charge in [0.1, 0.15) is 0 Å². The van der Waals surface area contributed by atoms with Gasteiger partial charge in [0, 0.05) is 13.1 Å². The number of ether oxygens (including phenoxy) is 1. The smallest absolute Gasteiger partial charge is 0.356 e. The van der Waals surface area contributed by atoms with Gasteiger partial charge in [0.15, 0.2) is 5.69 Å². The van der Waals surface area contributed by atoms with Gasteiger partial charge in [0.25, 0.3) is 0 Å². The van der Waals surface area contributed by atoms with Crippen LogP contribution >= 0.6 is 11.6 Å². The predicted molar refractivity (Wildman–Crippen MR) is 57.0 cm³/mol. The summed E-state index contributed by atoms with van der Waals surface area (Å²) in [4.78, 5) is 20.4. The Hall–Kier alpha value is -1.40. The number of carbonyl (C=O) groups is 1. The molecule has 0 radical (unpaired) electrons. The summed E-state index contributed by atoms with van der Waals surface area (Å²) in [6.07, 6.45) is 1.43. The highest BCUT2D eigenvalue weighted by Gasteiger charge is 2.20. The molecule has 7 heteroatoms. The second-order valence-electron chi connectivity index (χ2n) is 3.28. The minimum Gasteiger partial charge on any atom is -0.476 e. The van der Waals surface area contributed by atoms with Crippen LogP contribution in [0.15, 0.2) is 6.20 Å². The fourth-order valence-corrected chi connectivity index (χ4v) is 1.68. The molecule has 0 saturated carbocycles. The molecule has 2 rings (SSSR count). The van der Waals surface area contributed by atoms with Gasteiger partial charge in [-0.15, -0.1) is 0 Å². The molecule has 16 heavy (non-hydrogen) atoms. The summed E-state index contributed by atoms with van der Waals surface area (Å²) in [7, 11) is 0.